The molecule has 2 aromatic rings. The molecular weight excluding hydrogens is 417 g/mol. The Kier molecular flexibility index (Phi) is 5.65. The maximum absolute atomic E-state index is 13.2. The summed E-state index contributed by atoms with van der Waals surface area (Å²) in [6.07, 6.45) is 0.274. The molecule has 0 spiro atoms. The summed E-state index contributed by atoms with van der Waals surface area (Å²) in [5.41, 5.74) is 0.778. The number of hydrogen-bond acceptors (Lipinski definition) is 4. The van der Waals surface area contributed by atoms with Crippen LogP contribution in [0.3, 0.4) is 0 Å². The maximum Gasteiger partial charge on any atom is 0.243 e. The standard InChI is InChI=1S/C17H17Cl2NO4S2/c18-16-7-6-15(10-17(16)19)26(23,24)20(11-13-4-2-1-3-5-13)14-8-9-25(21,22)12-14/h1-7,10,14H,8-9,11-12H2/t14-/m0/s1. The second kappa shape index (κ2) is 7.48. The summed E-state index contributed by atoms with van der Waals surface area (Å²) in [4.78, 5) is -0.00729. The molecule has 3 rings (SSSR count). The Labute approximate surface area is 163 Å². The van der Waals surface area contributed by atoms with Crippen LogP contribution in [0.4, 0.5) is 0 Å². The van der Waals surface area contributed by atoms with Crippen LogP contribution in [0.25, 0.3) is 0 Å². The van der Waals surface area contributed by atoms with Crippen molar-refractivity contribution in [3.05, 3.63) is 64.1 Å². The second-order valence-electron chi connectivity index (χ2n) is 6.17. The van der Waals surface area contributed by atoms with E-state index in [1.165, 1.54) is 22.5 Å². The number of rotatable bonds is 5. The van der Waals surface area contributed by atoms with Gasteiger partial charge in [0.2, 0.25) is 10.0 Å². The Morgan fingerprint density at radius 2 is 1.73 bits per heavy atom. The van der Waals surface area contributed by atoms with Gasteiger partial charge in [0.05, 0.1) is 26.4 Å². The van der Waals surface area contributed by atoms with Crippen molar-refractivity contribution in [2.24, 2.45) is 0 Å². The molecular formula is C17H17Cl2NO4S2. The summed E-state index contributed by atoms with van der Waals surface area (Å²) in [5.74, 6) is -0.194. The van der Waals surface area contributed by atoms with E-state index >= 15 is 0 Å². The quantitative estimate of drug-likeness (QED) is 0.724. The van der Waals surface area contributed by atoms with Crippen LogP contribution in [0.2, 0.25) is 10.0 Å². The van der Waals surface area contributed by atoms with Crippen molar-refractivity contribution < 1.29 is 16.8 Å². The summed E-state index contributed by atoms with van der Waals surface area (Å²) < 4.78 is 51.5. The highest BCUT2D eigenvalue weighted by molar-refractivity contribution is 7.92. The summed E-state index contributed by atoms with van der Waals surface area (Å²) in [6.45, 7) is 0.0869. The van der Waals surface area contributed by atoms with E-state index in [1.54, 1.807) is 12.1 Å². The minimum atomic E-state index is -3.95. The highest BCUT2D eigenvalue weighted by atomic mass is 35.5. The summed E-state index contributed by atoms with van der Waals surface area (Å²) in [5, 5.41) is 0.384. The minimum Gasteiger partial charge on any atom is -0.229 e. The summed E-state index contributed by atoms with van der Waals surface area (Å²) in [6, 6.07) is 12.5. The van der Waals surface area contributed by atoms with Gasteiger partial charge in [0, 0.05) is 12.6 Å². The van der Waals surface area contributed by atoms with Gasteiger partial charge >= 0.3 is 0 Å². The van der Waals surface area contributed by atoms with E-state index in [2.05, 4.69) is 0 Å². The van der Waals surface area contributed by atoms with Gasteiger partial charge in [-0.05, 0) is 30.2 Å². The first-order valence-corrected chi connectivity index (χ1v) is 11.9. The molecule has 9 heteroatoms. The molecule has 0 bridgehead atoms. The van der Waals surface area contributed by atoms with Crippen molar-refractivity contribution in [3.63, 3.8) is 0 Å². The molecule has 1 aliphatic heterocycles. The second-order valence-corrected chi connectivity index (χ2v) is 11.1. The minimum absolute atomic E-state index is 0.00729. The fourth-order valence-corrected chi connectivity index (χ4v) is 6.81. The Hall–Kier alpha value is -1.12. The number of hydrogen-bond donors (Lipinski definition) is 0. The molecule has 1 fully saturated rings. The Bertz CT molecular complexity index is 1010. The molecule has 0 saturated carbocycles. The van der Waals surface area contributed by atoms with Gasteiger partial charge in [-0.1, -0.05) is 53.5 Å². The molecule has 1 aliphatic rings. The Morgan fingerprint density at radius 3 is 2.31 bits per heavy atom. The fraction of sp³-hybridized carbons (Fsp3) is 0.294. The van der Waals surface area contributed by atoms with Gasteiger partial charge in [-0.2, -0.15) is 4.31 Å². The van der Waals surface area contributed by atoms with Gasteiger partial charge in [0.15, 0.2) is 9.84 Å². The van der Waals surface area contributed by atoms with E-state index in [0.29, 0.717) is 0 Å². The number of halogens is 2. The molecule has 0 radical (unpaired) electrons. The average Bonchev–Trinajstić information content (AvgIpc) is 2.95. The Morgan fingerprint density at radius 1 is 1.04 bits per heavy atom. The lowest BCUT2D eigenvalue weighted by Gasteiger charge is -2.27. The van der Waals surface area contributed by atoms with Crippen molar-refractivity contribution in [2.75, 3.05) is 11.5 Å². The first-order chi connectivity index (χ1) is 12.2. The molecule has 0 aromatic heterocycles. The maximum atomic E-state index is 13.2. The third-order valence-electron chi connectivity index (χ3n) is 4.29. The van der Waals surface area contributed by atoms with Crippen LogP contribution in [0.15, 0.2) is 53.4 Å². The summed E-state index contributed by atoms with van der Waals surface area (Å²) in [7, 11) is -7.19. The van der Waals surface area contributed by atoms with Crippen molar-refractivity contribution in [1.29, 1.82) is 0 Å². The third-order valence-corrected chi connectivity index (χ3v) is 8.68. The van der Waals surface area contributed by atoms with Crippen LogP contribution < -0.4 is 0 Å². The predicted molar refractivity (Wildman–Crippen MR) is 103 cm³/mol. The molecule has 0 unspecified atom stereocenters. The highest BCUT2D eigenvalue weighted by Gasteiger charge is 2.39. The first-order valence-electron chi connectivity index (χ1n) is 7.90. The topological polar surface area (TPSA) is 71.5 Å². The molecule has 2 aromatic carbocycles. The largest absolute Gasteiger partial charge is 0.243 e. The van der Waals surface area contributed by atoms with Crippen LogP contribution in [0.1, 0.15) is 12.0 Å². The Balaban J connectivity index is 2.02. The van der Waals surface area contributed by atoms with E-state index in [0.717, 1.165) is 5.56 Å². The number of benzene rings is 2. The number of sulfone groups is 1. The average molecular weight is 434 g/mol. The first kappa shape index (κ1) is 19.6. The zero-order valence-corrected chi connectivity index (χ0v) is 16.8. The van der Waals surface area contributed by atoms with Crippen molar-refractivity contribution >= 4 is 43.1 Å². The van der Waals surface area contributed by atoms with E-state index in [4.69, 9.17) is 23.2 Å². The molecule has 1 atom stereocenters. The van der Waals surface area contributed by atoms with Gasteiger partial charge in [-0.3, -0.25) is 0 Å². The zero-order valence-electron chi connectivity index (χ0n) is 13.7. The van der Waals surface area contributed by atoms with Crippen molar-refractivity contribution in [2.45, 2.75) is 23.9 Å². The molecule has 5 nitrogen and oxygen atoms in total. The molecule has 1 heterocycles. The van der Waals surface area contributed by atoms with Gasteiger partial charge in [-0.25, -0.2) is 16.8 Å². The monoisotopic (exact) mass is 433 g/mol. The molecule has 140 valence electrons. The smallest absolute Gasteiger partial charge is 0.229 e. The van der Waals surface area contributed by atoms with Gasteiger partial charge in [-0.15, -0.1) is 0 Å². The highest BCUT2D eigenvalue weighted by Crippen LogP contribution is 2.30. The van der Waals surface area contributed by atoms with Gasteiger partial charge in [0.25, 0.3) is 0 Å². The number of nitrogens with zero attached hydrogens (tertiary/aromatic N) is 1. The van der Waals surface area contributed by atoms with E-state index in [-0.39, 0.29) is 39.4 Å². The molecule has 1 saturated heterocycles. The van der Waals surface area contributed by atoms with Crippen molar-refractivity contribution in [3.8, 4) is 0 Å². The normalized spacial score (nSPS) is 19.7. The lowest BCUT2D eigenvalue weighted by atomic mass is 10.2. The SMILES string of the molecule is O=S1(=O)CC[C@H](N(Cc2ccccc2)S(=O)(=O)c2ccc(Cl)c(Cl)c2)C1. The lowest BCUT2D eigenvalue weighted by Crippen LogP contribution is -2.40. The van der Waals surface area contributed by atoms with Crippen LogP contribution in [-0.4, -0.2) is 38.7 Å². The molecule has 0 amide bonds. The lowest BCUT2D eigenvalue weighted by molar-refractivity contribution is 0.334. The summed E-state index contributed by atoms with van der Waals surface area (Å²) >= 11 is 11.9. The van der Waals surface area contributed by atoms with Gasteiger partial charge < -0.3 is 0 Å². The zero-order chi connectivity index (χ0) is 18.9. The van der Waals surface area contributed by atoms with E-state index in [9.17, 15) is 16.8 Å². The molecule has 26 heavy (non-hydrogen) atoms. The van der Waals surface area contributed by atoms with Crippen LogP contribution in [0.5, 0.6) is 0 Å². The third kappa shape index (κ3) is 4.23. The van der Waals surface area contributed by atoms with Crippen LogP contribution in [-0.2, 0) is 26.4 Å². The van der Waals surface area contributed by atoms with E-state index in [1.807, 2.05) is 18.2 Å². The van der Waals surface area contributed by atoms with Gasteiger partial charge in [0.1, 0.15) is 0 Å². The molecule has 0 N–H and O–H groups in total. The van der Waals surface area contributed by atoms with Crippen molar-refractivity contribution in [1.82, 2.24) is 4.31 Å². The van der Waals surface area contributed by atoms with Crippen LogP contribution >= 0.6 is 23.2 Å². The van der Waals surface area contributed by atoms with E-state index < -0.39 is 25.9 Å². The van der Waals surface area contributed by atoms with Crippen LogP contribution in [0, 0.1) is 0 Å². The number of sulfonamides is 1. The fourth-order valence-electron chi connectivity index (χ4n) is 2.95. The molecule has 0 aliphatic carbocycles. The predicted octanol–water partition coefficient (Wildman–Crippen LogP) is 3.37.